The zero-order valence-corrected chi connectivity index (χ0v) is 16.5. The highest BCUT2D eigenvalue weighted by Crippen LogP contribution is 2.41. The molecule has 0 spiro atoms. The third kappa shape index (κ3) is 3.33. The highest BCUT2D eigenvalue weighted by Gasteiger charge is 2.19. The van der Waals surface area contributed by atoms with Gasteiger partial charge in [-0.25, -0.2) is 0 Å². The molecular weight excluding hydrogens is 344 g/mol. The Labute approximate surface area is 159 Å². The quantitative estimate of drug-likeness (QED) is 0.594. The maximum absolute atomic E-state index is 6.27. The van der Waals surface area contributed by atoms with E-state index in [1.807, 2.05) is 36.4 Å². The minimum Gasteiger partial charge on any atom is -0.493 e. The molecule has 0 saturated carbocycles. The zero-order chi connectivity index (χ0) is 19.6. The molecule has 0 radical (unpaired) electrons. The summed E-state index contributed by atoms with van der Waals surface area (Å²) in [5.74, 6) is 4.30. The molecule has 27 heavy (non-hydrogen) atoms. The monoisotopic (exact) mass is 368 g/mol. The molecule has 0 aliphatic rings. The minimum atomic E-state index is 0.663. The van der Waals surface area contributed by atoms with Crippen molar-refractivity contribution >= 4 is 0 Å². The molecule has 0 N–H and O–H groups in total. The van der Waals surface area contributed by atoms with E-state index in [9.17, 15) is 0 Å². The molecule has 0 fully saturated rings. The summed E-state index contributed by atoms with van der Waals surface area (Å²) >= 11 is 0. The van der Waals surface area contributed by atoms with Crippen molar-refractivity contribution in [1.29, 1.82) is 0 Å². The molecule has 0 aliphatic heterocycles. The first kappa shape index (κ1) is 18.7. The molecule has 5 heteroatoms. The van der Waals surface area contributed by atoms with Crippen LogP contribution >= 0.6 is 0 Å². The summed E-state index contributed by atoms with van der Waals surface area (Å²) in [6, 6.07) is 11.5. The fourth-order valence-corrected chi connectivity index (χ4v) is 3.10. The van der Waals surface area contributed by atoms with Crippen LogP contribution < -0.4 is 18.9 Å². The van der Waals surface area contributed by atoms with Gasteiger partial charge in [-0.2, -0.15) is 0 Å². The van der Waals surface area contributed by atoms with Gasteiger partial charge < -0.3 is 23.4 Å². The van der Waals surface area contributed by atoms with Gasteiger partial charge >= 0.3 is 0 Å². The SMILES string of the molecule is COc1ccc(-c2oc(-c3ccc(OC)c(OC)c3)c(C)c2C)cc1OC. The van der Waals surface area contributed by atoms with Crippen LogP contribution in [0.4, 0.5) is 0 Å². The Morgan fingerprint density at radius 2 is 0.926 bits per heavy atom. The Hall–Kier alpha value is -3.08. The molecule has 142 valence electrons. The summed E-state index contributed by atoms with van der Waals surface area (Å²) in [6.45, 7) is 4.10. The third-order valence-corrected chi connectivity index (χ3v) is 4.74. The van der Waals surface area contributed by atoms with E-state index < -0.39 is 0 Å². The van der Waals surface area contributed by atoms with E-state index in [0.29, 0.717) is 23.0 Å². The summed E-state index contributed by atoms with van der Waals surface area (Å²) in [5.41, 5.74) is 4.01. The Bertz CT molecular complexity index is 880. The second kappa shape index (κ2) is 7.66. The fraction of sp³-hybridized carbons (Fsp3) is 0.273. The van der Waals surface area contributed by atoms with Crippen LogP contribution in [0.25, 0.3) is 22.6 Å². The van der Waals surface area contributed by atoms with Crippen LogP contribution in [0.1, 0.15) is 11.1 Å². The van der Waals surface area contributed by atoms with Crippen molar-refractivity contribution in [2.24, 2.45) is 0 Å². The van der Waals surface area contributed by atoms with E-state index in [-0.39, 0.29) is 0 Å². The zero-order valence-electron chi connectivity index (χ0n) is 16.5. The first-order valence-corrected chi connectivity index (χ1v) is 8.58. The van der Waals surface area contributed by atoms with Gasteiger partial charge in [0.05, 0.1) is 28.4 Å². The Morgan fingerprint density at radius 3 is 1.26 bits per heavy atom. The molecule has 3 rings (SSSR count). The second-order valence-corrected chi connectivity index (χ2v) is 6.15. The van der Waals surface area contributed by atoms with Gasteiger partial charge in [-0.05, 0) is 61.4 Å². The minimum absolute atomic E-state index is 0.663. The van der Waals surface area contributed by atoms with Crippen LogP contribution in [0.3, 0.4) is 0 Å². The van der Waals surface area contributed by atoms with Crippen LogP contribution in [-0.2, 0) is 0 Å². The van der Waals surface area contributed by atoms with Gasteiger partial charge in [0.15, 0.2) is 23.0 Å². The topological polar surface area (TPSA) is 50.1 Å². The van der Waals surface area contributed by atoms with Crippen LogP contribution in [0, 0.1) is 13.8 Å². The lowest BCUT2D eigenvalue weighted by molar-refractivity contribution is 0.355. The molecule has 3 aromatic rings. The Morgan fingerprint density at radius 1 is 0.556 bits per heavy atom. The molecule has 0 bridgehead atoms. The van der Waals surface area contributed by atoms with Crippen LogP contribution in [0.5, 0.6) is 23.0 Å². The maximum atomic E-state index is 6.27. The Kier molecular flexibility index (Phi) is 5.31. The lowest BCUT2D eigenvalue weighted by Crippen LogP contribution is -1.90. The van der Waals surface area contributed by atoms with E-state index in [1.165, 1.54) is 0 Å². The maximum Gasteiger partial charge on any atom is 0.161 e. The van der Waals surface area contributed by atoms with E-state index in [4.69, 9.17) is 23.4 Å². The average molecular weight is 368 g/mol. The van der Waals surface area contributed by atoms with Gasteiger partial charge in [-0.15, -0.1) is 0 Å². The summed E-state index contributed by atoms with van der Waals surface area (Å²) < 4.78 is 27.8. The van der Waals surface area contributed by atoms with Gasteiger partial charge in [0.2, 0.25) is 0 Å². The molecule has 1 aromatic heterocycles. The standard InChI is InChI=1S/C22H24O5/c1-13-14(2)22(16-8-10-18(24-4)20(12-16)26-6)27-21(13)15-7-9-17(23-3)19(11-15)25-5/h7-12H,1-6H3. The van der Waals surface area contributed by atoms with Crippen molar-refractivity contribution in [3.05, 3.63) is 47.5 Å². The lowest BCUT2D eigenvalue weighted by atomic mass is 10.0. The smallest absolute Gasteiger partial charge is 0.161 e. The summed E-state index contributed by atoms with van der Waals surface area (Å²) in [5, 5.41) is 0. The number of methoxy groups -OCH3 is 4. The number of hydrogen-bond donors (Lipinski definition) is 0. The number of benzene rings is 2. The van der Waals surface area contributed by atoms with E-state index in [2.05, 4.69) is 13.8 Å². The van der Waals surface area contributed by atoms with E-state index in [1.54, 1.807) is 28.4 Å². The fourth-order valence-electron chi connectivity index (χ4n) is 3.10. The summed E-state index contributed by atoms with van der Waals surface area (Å²) in [4.78, 5) is 0. The van der Waals surface area contributed by atoms with Gasteiger partial charge in [-0.3, -0.25) is 0 Å². The highest BCUT2D eigenvalue weighted by molar-refractivity contribution is 5.74. The predicted octanol–water partition coefficient (Wildman–Crippen LogP) is 5.26. The molecule has 0 atom stereocenters. The van der Waals surface area contributed by atoms with Crippen LogP contribution in [-0.4, -0.2) is 28.4 Å². The summed E-state index contributed by atoms with van der Waals surface area (Å²) in [6.07, 6.45) is 0. The first-order valence-electron chi connectivity index (χ1n) is 8.58. The molecule has 0 saturated heterocycles. The van der Waals surface area contributed by atoms with Gasteiger partial charge in [0, 0.05) is 11.1 Å². The van der Waals surface area contributed by atoms with Crippen molar-refractivity contribution in [1.82, 2.24) is 0 Å². The summed E-state index contributed by atoms with van der Waals surface area (Å²) in [7, 11) is 6.48. The van der Waals surface area contributed by atoms with E-state index in [0.717, 1.165) is 33.8 Å². The first-order chi connectivity index (χ1) is 13.0. The predicted molar refractivity (Wildman–Crippen MR) is 105 cm³/mol. The van der Waals surface area contributed by atoms with Crippen molar-refractivity contribution in [3.8, 4) is 45.6 Å². The molecule has 2 aromatic carbocycles. The van der Waals surface area contributed by atoms with Gasteiger partial charge in [0.1, 0.15) is 11.5 Å². The molecule has 0 aliphatic carbocycles. The largest absolute Gasteiger partial charge is 0.493 e. The number of hydrogen-bond acceptors (Lipinski definition) is 5. The molecule has 0 amide bonds. The molecular formula is C22H24O5. The van der Waals surface area contributed by atoms with Crippen molar-refractivity contribution < 1.29 is 23.4 Å². The molecule has 0 unspecified atom stereocenters. The number of furan rings is 1. The van der Waals surface area contributed by atoms with Crippen LogP contribution in [0.15, 0.2) is 40.8 Å². The second-order valence-electron chi connectivity index (χ2n) is 6.15. The van der Waals surface area contributed by atoms with Crippen LogP contribution in [0.2, 0.25) is 0 Å². The average Bonchev–Trinajstić information content (AvgIpc) is 3.01. The molecule has 1 heterocycles. The van der Waals surface area contributed by atoms with E-state index >= 15 is 0 Å². The van der Waals surface area contributed by atoms with Crippen molar-refractivity contribution in [2.45, 2.75) is 13.8 Å². The highest BCUT2D eigenvalue weighted by atomic mass is 16.5. The van der Waals surface area contributed by atoms with Gasteiger partial charge in [-0.1, -0.05) is 0 Å². The molecule has 5 nitrogen and oxygen atoms in total. The lowest BCUT2D eigenvalue weighted by Gasteiger charge is -2.09. The van der Waals surface area contributed by atoms with Crippen molar-refractivity contribution in [3.63, 3.8) is 0 Å². The third-order valence-electron chi connectivity index (χ3n) is 4.74. The normalized spacial score (nSPS) is 10.6. The van der Waals surface area contributed by atoms with Crippen molar-refractivity contribution in [2.75, 3.05) is 28.4 Å². The number of rotatable bonds is 6. The van der Waals surface area contributed by atoms with Gasteiger partial charge in [0.25, 0.3) is 0 Å². The number of ether oxygens (including phenoxy) is 4. The Balaban J connectivity index is 2.10.